The van der Waals surface area contributed by atoms with Crippen LogP contribution in [0.4, 0.5) is 10.1 Å². The first-order chi connectivity index (χ1) is 9.19. The Balaban J connectivity index is 2.54. The topological polar surface area (TPSA) is 64.4 Å². The number of nitrogens with zero attached hydrogens (tertiary/aromatic N) is 1. The second-order valence-electron chi connectivity index (χ2n) is 5.51. The van der Waals surface area contributed by atoms with Gasteiger partial charge in [-0.2, -0.15) is 0 Å². The van der Waals surface area contributed by atoms with Gasteiger partial charge in [-0.15, -0.1) is 0 Å². The van der Waals surface area contributed by atoms with Gasteiger partial charge in [0.1, 0.15) is 6.61 Å². The van der Waals surface area contributed by atoms with Crippen LogP contribution in [0, 0.1) is 15.9 Å². The van der Waals surface area contributed by atoms with Gasteiger partial charge in [0.2, 0.25) is 0 Å². The fraction of sp³-hybridized carbons (Fsp3) is 0.429. The highest BCUT2D eigenvalue weighted by atomic mass is 19.1. The van der Waals surface area contributed by atoms with E-state index in [9.17, 15) is 14.5 Å². The van der Waals surface area contributed by atoms with Crippen LogP contribution in [0.2, 0.25) is 0 Å². The first kappa shape index (κ1) is 16.1. The predicted molar refractivity (Wildman–Crippen MR) is 75.4 cm³/mol. The number of benzene rings is 1. The summed E-state index contributed by atoms with van der Waals surface area (Å²) in [6.07, 6.45) is 0. The normalized spacial score (nSPS) is 11.2. The molecule has 1 aromatic rings. The van der Waals surface area contributed by atoms with Crippen molar-refractivity contribution in [2.24, 2.45) is 0 Å². The number of nitrogens with one attached hydrogen (secondary N) is 1. The van der Waals surface area contributed by atoms with E-state index in [1.54, 1.807) is 0 Å². The highest BCUT2D eigenvalue weighted by Crippen LogP contribution is 2.22. The smallest absolute Gasteiger partial charge is 0.272 e. The Morgan fingerprint density at radius 1 is 1.50 bits per heavy atom. The summed E-state index contributed by atoms with van der Waals surface area (Å²) in [5.41, 5.74) is 0.419. The molecule has 0 fully saturated rings. The van der Waals surface area contributed by atoms with Crippen molar-refractivity contribution in [2.75, 3.05) is 13.2 Å². The van der Waals surface area contributed by atoms with E-state index in [-0.39, 0.29) is 23.6 Å². The molecule has 0 radical (unpaired) electrons. The lowest BCUT2D eigenvalue weighted by Gasteiger charge is -2.21. The lowest BCUT2D eigenvalue weighted by Crippen LogP contribution is -2.37. The average molecular weight is 282 g/mol. The van der Waals surface area contributed by atoms with Crippen LogP contribution in [0.3, 0.4) is 0 Å². The third-order valence-electron chi connectivity index (χ3n) is 2.43. The monoisotopic (exact) mass is 282 g/mol. The van der Waals surface area contributed by atoms with Crippen LogP contribution in [-0.4, -0.2) is 23.6 Å². The van der Waals surface area contributed by atoms with Gasteiger partial charge < -0.3 is 10.1 Å². The molecular formula is C14H19FN2O3. The number of non-ortho nitro benzene ring substituents is 1. The molecule has 1 N–H and O–H groups in total. The molecular weight excluding hydrogens is 263 g/mol. The maximum absolute atomic E-state index is 13.6. The van der Waals surface area contributed by atoms with Crippen LogP contribution < -0.4 is 10.1 Å². The summed E-state index contributed by atoms with van der Waals surface area (Å²) in [6.45, 7) is 10.6. The fourth-order valence-electron chi connectivity index (χ4n) is 1.34. The molecule has 0 saturated carbocycles. The van der Waals surface area contributed by atoms with Crippen LogP contribution >= 0.6 is 0 Å². The molecule has 0 aliphatic carbocycles. The number of nitro groups is 1. The van der Waals surface area contributed by atoms with Crippen molar-refractivity contribution in [2.45, 2.75) is 26.3 Å². The standard InChI is InChI=1S/C14H19FN2O3/c1-10(8-16-14(2,3)4)9-20-13-6-5-11(17(18)19)7-12(13)15/h5-7,16H,1,8-9H2,2-4H3. The Morgan fingerprint density at radius 3 is 2.65 bits per heavy atom. The van der Waals surface area contributed by atoms with Crippen molar-refractivity contribution in [1.29, 1.82) is 0 Å². The Labute approximate surface area is 117 Å². The minimum atomic E-state index is -0.754. The largest absolute Gasteiger partial charge is 0.486 e. The minimum Gasteiger partial charge on any atom is -0.486 e. The number of rotatable bonds is 6. The van der Waals surface area contributed by atoms with Crippen LogP contribution in [0.25, 0.3) is 0 Å². The van der Waals surface area contributed by atoms with Crippen LogP contribution in [-0.2, 0) is 0 Å². The summed E-state index contributed by atoms with van der Waals surface area (Å²) >= 11 is 0. The van der Waals surface area contributed by atoms with E-state index >= 15 is 0 Å². The predicted octanol–water partition coefficient (Wildman–Crippen LogP) is 3.06. The van der Waals surface area contributed by atoms with Gasteiger partial charge in [0.05, 0.1) is 11.0 Å². The van der Waals surface area contributed by atoms with Crippen molar-refractivity contribution < 1.29 is 14.1 Å². The number of hydrogen-bond donors (Lipinski definition) is 1. The lowest BCUT2D eigenvalue weighted by molar-refractivity contribution is -0.385. The van der Waals surface area contributed by atoms with Crippen molar-refractivity contribution in [3.63, 3.8) is 0 Å². The second-order valence-corrected chi connectivity index (χ2v) is 5.51. The van der Waals surface area contributed by atoms with E-state index in [1.807, 2.05) is 20.8 Å². The molecule has 0 unspecified atom stereocenters. The molecule has 0 aromatic heterocycles. The van der Waals surface area contributed by atoms with Crippen molar-refractivity contribution >= 4 is 5.69 Å². The molecule has 1 aromatic carbocycles. The summed E-state index contributed by atoms with van der Waals surface area (Å²) in [6, 6.07) is 3.29. The van der Waals surface area contributed by atoms with E-state index in [0.29, 0.717) is 6.54 Å². The summed E-state index contributed by atoms with van der Waals surface area (Å²) in [5, 5.41) is 13.7. The summed E-state index contributed by atoms with van der Waals surface area (Å²) < 4.78 is 18.8. The van der Waals surface area contributed by atoms with Crippen molar-refractivity contribution in [3.05, 3.63) is 46.3 Å². The molecule has 110 valence electrons. The number of ether oxygens (including phenoxy) is 1. The lowest BCUT2D eigenvalue weighted by atomic mass is 10.1. The highest BCUT2D eigenvalue weighted by Gasteiger charge is 2.12. The maximum atomic E-state index is 13.6. The zero-order valence-electron chi connectivity index (χ0n) is 11.9. The Morgan fingerprint density at radius 2 is 2.15 bits per heavy atom. The van der Waals surface area contributed by atoms with Gasteiger partial charge in [-0.05, 0) is 32.4 Å². The first-order valence-corrected chi connectivity index (χ1v) is 6.17. The van der Waals surface area contributed by atoms with E-state index in [4.69, 9.17) is 4.74 Å². The van der Waals surface area contributed by atoms with Gasteiger partial charge in [-0.25, -0.2) is 4.39 Å². The molecule has 5 nitrogen and oxygen atoms in total. The van der Waals surface area contributed by atoms with Crippen LogP contribution in [0.5, 0.6) is 5.75 Å². The van der Waals surface area contributed by atoms with Gasteiger partial charge in [-0.3, -0.25) is 10.1 Å². The van der Waals surface area contributed by atoms with Crippen molar-refractivity contribution in [1.82, 2.24) is 5.32 Å². The summed E-state index contributed by atoms with van der Waals surface area (Å²) in [4.78, 5) is 9.83. The zero-order valence-corrected chi connectivity index (χ0v) is 11.9. The van der Waals surface area contributed by atoms with Gasteiger partial charge >= 0.3 is 0 Å². The summed E-state index contributed by atoms with van der Waals surface area (Å²) in [5.74, 6) is -0.775. The molecule has 0 bridgehead atoms. The highest BCUT2D eigenvalue weighted by molar-refractivity contribution is 5.37. The molecule has 1 rings (SSSR count). The second kappa shape index (κ2) is 6.47. The number of halogens is 1. The minimum absolute atomic E-state index is 0.0208. The van der Waals surface area contributed by atoms with Crippen LogP contribution in [0.1, 0.15) is 20.8 Å². The zero-order chi connectivity index (χ0) is 15.3. The third-order valence-corrected chi connectivity index (χ3v) is 2.43. The van der Waals surface area contributed by atoms with Gasteiger partial charge in [0.25, 0.3) is 5.69 Å². The quantitative estimate of drug-likeness (QED) is 0.495. The molecule has 6 heteroatoms. The Kier molecular flexibility index (Phi) is 5.21. The molecule has 0 heterocycles. The number of hydrogen-bond acceptors (Lipinski definition) is 4. The molecule has 0 aliphatic heterocycles. The third kappa shape index (κ3) is 5.36. The molecule has 0 saturated heterocycles. The van der Waals surface area contributed by atoms with E-state index in [2.05, 4.69) is 11.9 Å². The van der Waals surface area contributed by atoms with Crippen LogP contribution in [0.15, 0.2) is 30.4 Å². The van der Waals surface area contributed by atoms with Gasteiger partial charge in [0, 0.05) is 18.2 Å². The fourth-order valence-corrected chi connectivity index (χ4v) is 1.34. The molecule has 0 amide bonds. The molecule has 0 atom stereocenters. The first-order valence-electron chi connectivity index (χ1n) is 6.17. The summed E-state index contributed by atoms with van der Waals surface area (Å²) in [7, 11) is 0. The van der Waals surface area contributed by atoms with E-state index in [1.165, 1.54) is 12.1 Å². The average Bonchev–Trinajstić information content (AvgIpc) is 2.33. The SMILES string of the molecule is C=C(CNC(C)(C)C)COc1ccc([N+](=O)[O-])cc1F. The molecule has 20 heavy (non-hydrogen) atoms. The molecule has 0 aliphatic rings. The van der Waals surface area contributed by atoms with E-state index < -0.39 is 10.7 Å². The number of nitro benzene ring substituents is 1. The Hall–Kier alpha value is -1.95. The van der Waals surface area contributed by atoms with E-state index in [0.717, 1.165) is 11.6 Å². The Bertz CT molecular complexity index is 510. The van der Waals surface area contributed by atoms with Crippen molar-refractivity contribution in [3.8, 4) is 5.75 Å². The molecule has 0 spiro atoms. The van der Waals surface area contributed by atoms with Gasteiger partial charge in [-0.1, -0.05) is 6.58 Å². The van der Waals surface area contributed by atoms with Gasteiger partial charge in [0.15, 0.2) is 11.6 Å². The maximum Gasteiger partial charge on any atom is 0.272 e.